The Labute approximate surface area is 173 Å². The predicted molar refractivity (Wildman–Crippen MR) is 114 cm³/mol. The van der Waals surface area contributed by atoms with Crippen LogP contribution in [0.5, 0.6) is 5.75 Å². The molecular weight excluding hydrogens is 381 g/mol. The summed E-state index contributed by atoms with van der Waals surface area (Å²) in [4.78, 5) is 12.5. The fourth-order valence-corrected chi connectivity index (χ4v) is 3.07. The van der Waals surface area contributed by atoms with Crippen LogP contribution in [0.25, 0.3) is 16.9 Å². The summed E-state index contributed by atoms with van der Waals surface area (Å²) in [5, 5.41) is 7.50. The van der Waals surface area contributed by atoms with Gasteiger partial charge in [0, 0.05) is 11.6 Å². The molecule has 3 aromatic carbocycles. The molecule has 0 fully saturated rings. The number of hydrogen-bond donors (Lipinski definition) is 1. The molecule has 1 heterocycles. The third-order valence-corrected chi connectivity index (χ3v) is 4.49. The van der Waals surface area contributed by atoms with E-state index in [0.29, 0.717) is 5.82 Å². The molecule has 1 amide bonds. The molecule has 30 heavy (non-hydrogen) atoms. The van der Waals surface area contributed by atoms with Crippen molar-refractivity contribution in [3.05, 3.63) is 96.3 Å². The monoisotopic (exact) mass is 401 g/mol. The molecule has 0 bridgehead atoms. The second-order valence-corrected chi connectivity index (χ2v) is 6.80. The first-order valence-corrected chi connectivity index (χ1v) is 9.50. The summed E-state index contributed by atoms with van der Waals surface area (Å²) in [6, 6.07) is 25.3. The number of nitrogens with one attached hydrogen (secondary N) is 1. The first-order chi connectivity index (χ1) is 14.6. The Kier molecular flexibility index (Phi) is 5.57. The van der Waals surface area contributed by atoms with Gasteiger partial charge in [-0.05, 0) is 37.3 Å². The normalized spacial score (nSPS) is 10.6. The van der Waals surface area contributed by atoms with E-state index < -0.39 is 11.7 Å². The van der Waals surface area contributed by atoms with Crippen molar-refractivity contribution in [1.29, 1.82) is 0 Å². The molecule has 4 aromatic rings. The van der Waals surface area contributed by atoms with Gasteiger partial charge >= 0.3 is 0 Å². The van der Waals surface area contributed by atoms with Crippen LogP contribution in [-0.2, 0) is 4.79 Å². The minimum Gasteiger partial charge on any atom is -0.481 e. The zero-order valence-corrected chi connectivity index (χ0v) is 16.4. The largest absolute Gasteiger partial charge is 0.481 e. The van der Waals surface area contributed by atoms with E-state index in [-0.39, 0.29) is 12.4 Å². The number of ether oxygens (including phenoxy) is 1. The quantitative estimate of drug-likeness (QED) is 0.494. The van der Waals surface area contributed by atoms with Crippen molar-refractivity contribution in [3.8, 4) is 22.7 Å². The summed E-state index contributed by atoms with van der Waals surface area (Å²) >= 11 is 0. The lowest BCUT2D eigenvalue weighted by molar-refractivity contribution is -0.118. The number of benzene rings is 3. The summed E-state index contributed by atoms with van der Waals surface area (Å²) in [5.41, 5.74) is 3.60. The fraction of sp³-hybridized carbons (Fsp3) is 0.0833. The number of amides is 1. The van der Waals surface area contributed by atoms with Crippen LogP contribution < -0.4 is 10.1 Å². The third-order valence-electron chi connectivity index (χ3n) is 4.49. The van der Waals surface area contributed by atoms with Crippen LogP contribution in [0, 0.1) is 12.7 Å². The van der Waals surface area contributed by atoms with Crippen molar-refractivity contribution < 1.29 is 13.9 Å². The molecule has 0 aliphatic heterocycles. The van der Waals surface area contributed by atoms with Crippen molar-refractivity contribution in [2.45, 2.75) is 6.92 Å². The topological polar surface area (TPSA) is 56.1 Å². The fourth-order valence-electron chi connectivity index (χ4n) is 3.07. The summed E-state index contributed by atoms with van der Waals surface area (Å²) in [6.45, 7) is 1.70. The Bertz CT molecular complexity index is 1170. The molecule has 4 rings (SSSR count). The maximum Gasteiger partial charge on any atom is 0.263 e. The molecule has 150 valence electrons. The van der Waals surface area contributed by atoms with Gasteiger partial charge < -0.3 is 10.1 Å². The maximum absolute atomic E-state index is 13.7. The average Bonchev–Trinajstić information content (AvgIpc) is 3.17. The minimum absolute atomic E-state index is 0.0321. The Hall–Kier alpha value is -3.93. The number of nitrogens with zero attached hydrogens (tertiary/aromatic N) is 2. The lowest BCUT2D eigenvalue weighted by Gasteiger charge is -2.10. The van der Waals surface area contributed by atoms with Crippen LogP contribution in [0.4, 0.5) is 10.2 Å². The summed E-state index contributed by atoms with van der Waals surface area (Å²) in [5.74, 6) is -0.392. The highest BCUT2D eigenvalue weighted by atomic mass is 19.1. The van der Waals surface area contributed by atoms with Gasteiger partial charge in [-0.3, -0.25) is 4.79 Å². The van der Waals surface area contributed by atoms with Crippen LogP contribution in [0.1, 0.15) is 5.56 Å². The van der Waals surface area contributed by atoms with Crippen LogP contribution >= 0.6 is 0 Å². The first kappa shape index (κ1) is 19.4. The van der Waals surface area contributed by atoms with E-state index in [4.69, 9.17) is 4.74 Å². The smallest absolute Gasteiger partial charge is 0.263 e. The Morgan fingerprint density at radius 2 is 1.77 bits per heavy atom. The second-order valence-electron chi connectivity index (χ2n) is 6.80. The zero-order valence-electron chi connectivity index (χ0n) is 16.4. The van der Waals surface area contributed by atoms with Gasteiger partial charge in [0.2, 0.25) is 0 Å². The molecule has 0 saturated heterocycles. The standard InChI is InChI=1S/C24H20FN3O2/c1-17-8-7-9-18(14-17)21-15-23(28(27-21)19-10-3-2-4-11-19)26-24(29)16-30-22-13-6-5-12-20(22)25/h2-15H,16H2,1H3,(H,26,29). The van der Waals surface area contributed by atoms with E-state index in [0.717, 1.165) is 22.5 Å². The van der Waals surface area contributed by atoms with Crippen molar-refractivity contribution in [2.24, 2.45) is 0 Å². The Balaban J connectivity index is 1.59. The highest BCUT2D eigenvalue weighted by molar-refractivity contribution is 5.92. The summed E-state index contributed by atoms with van der Waals surface area (Å²) < 4.78 is 20.7. The number of carbonyl (C=O) groups is 1. The average molecular weight is 401 g/mol. The van der Waals surface area contributed by atoms with Crippen LogP contribution in [0.3, 0.4) is 0 Å². The molecule has 1 aromatic heterocycles. The van der Waals surface area contributed by atoms with Crippen LogP contribution in [-0.4, -0.2) is 22.3 Å². The summed E-state index contributed by atoms with van der Waals surface area (Å²) in [6.07, 6.45) is 0. The van der Waals surface area contributed by atoms with Crippen molar-refractivity contribution in [2.75, 3.05) is 11.9 Å². The van der Waals surface area contributed by atoms with Gasteiger partial charge in [0.15, 0.2) is 18.2 Å². The summed E-state index contributed by atoms with van der Waals surface area (Å²) in [7, 11) is 0. The van der Waals surface area contributed by atoms with Crippen LogP contribution in [0.2, 0.25) is 0 Å². The van der Waals surface area contributed by atoms with E-state index in [1.165, 1.54) is 12.1 Å². The Morgan fingerprint density at radius 3 is 2.53 bits per heavy atom. The first-order valence-electron chi connectivity index (χ1n) is 9.50. The van der Waals surface area contributed by atoms with Gasteiger partial charge in [0.1, 0.15) is 5.82 Å². The zero-order chi connectivity index (χ0) is 20.9. The van der Waals surface area contributed by atoms with Gasteiger partial charge in [-0.1, -0.05) is 54.1 Å². The number of aryl methyl sites for hydroxylation is 1. The molecule has 0 radical (unpaired) electrons. The molecule has 0 saturated carbocycles. The molecule has 0 spiro atoms. The molecule has 0 aliphatic rings. The molecule has 0 unspecified atom stereocenters. The molecule has 0 aliphatic carbocycles. The molecule has 0 atom stereocenters. The number of hydrogen-bond acceptors (Lipinski definition) is 3. The van der Waals surface area contributed by atoms with E-state index in [2.05, 4.69) is 10.4 Å². The van der Waals surface area contributed by atoms with Crippen LogP contribution in [0.15, 0.2) is 84.9 Å². The van der Waals surface area contributed by atoms with Gasteiger partial charge in [-0.25, -0.2) is 9.07 Å². The molecule has 1 N–H and O–H groups in total. The van der Waals surface area contributed by atoms with Gasteiger partial charge in [0.25, 0.3) is 5.91 Å². The lowest BCUT2D eigenvalue weighted by atomic mass is 10.1. The Morgan fingerprint density at radius 1 is 1.00 bits per heavy atom. The number of anilines is 1. The number of carbonyl (C=O) groups excluding carboxylic acids is 1. The van der Waals surface area contributed by atoms with Crippen molar-refractivity contribution in [3.63, 3.8) is 0 Å². The number of para-hydroxylation sites is 2. The highest BCUT2D eigenvalue weighted by Gasteiger charge is 2.15. The molecule has 6 heteroatoms. The predicted octanol–water partition coefficient (Wildman–Crippen LogP) is 5.00. The van der Waals surface area contributed by atoms with Crippen molar-refractivity contribution in [1.82, 2.24) is 9.78 Å². The molecule has 5 nitrogen and oxygen atoms in total. The second kappa shape index (κ2) is 8.61. The third kappa shape index (κ3) is 4.38. The van der Waals surface area contributed by atoms with Gasteiger partial charge in [0.05, 0.1) is 11.4 Å². The van der Waals surface area contributed by atoms with E-state index in [9.17, 15) is 9.18 Å². The SMILES string of the molecule is Cc1cccc(-c2cc(NC(=O)COc3ccccc3F)n(-c3ccccc3)n2)c1. The molecular formula is C24H20FN3O2. The maximum atomic E-state index is 13.7. The number of halogens is 1. The minimum atomic E-state index is -0.513. The highest BCUT2D eigenvalue weighted by Crippen LogP contribution is 2.25. The van der Waals surface area contributed by atoms with Gasteiger partial charge in [-0.2, -0.15) is 5.10 Å². The van der Waals surface area contributed by atoms with E-state index in [1.54, 1.807) is 16.8 Å². The van der Waals surface area contributed by atoms with Crippen molar-refractivity contribution >= 4 is 11.7 Å². The van der Waals surface area contributed by atoms with Gasteiger partial charge in [-0.15, -0.1) is 0 Å². The number of aromatic nitrogens is 2. The number of rotatable bonds is 6. The van der Waals surface area contributed by atoms with E-state index in [1.807, 2.05) is 67.6 Å². The lowest BCUT2D eigenvalue weighted by Crippen LogP contribution is -2.22. The van der Waals surface area contributed by atoms with E-state index >= 15 is 0 Å².